The zero-order chi connectivity index (χ0) is 27.3. The van der Waals surface area contributed by atoms with Gasteiger partial charge in [0, 0.05) is 25.0 Å². The molecule has 0 saturated heterocycles. The maximum absolute atomic E-state index is 13.0. The highest BCUT2D eigenvalue weighted by Crippen LogP contribution is 2.27. The average Bonchev–Trinajstić information content (AvgIpc) is 3.11. The van der Waals surface area contributed by atoms with Crippen LogP contribution in [0.4, 0.5) is 0 Å². The van der Waals surface area contributed by atoms with E-state index in [0.717, 1.165) is 37.4 Å². The maximum Gasteiger partial charge on any atom is 0.414 e. The number of nitrogens with zero attached hydrogens (tertiary/aromatic N) is 2. The molecule has 0 spiro atoms. The number of aromatic nitrogens is 1. The first-order valence-electron chi connectivity index (χ1n) is 12.2. The molecule has 2 N–H and O–H groups in total. The van der Waals surface area contributed by atoms with E-state index in [9.17, 15) is 8.42 Å². The molecule has 0 radical (unpaired) electrons. The second-order valence-corrected chi connectivity index (χ2v) is 10.5. The van der Waals surface area contributed by atoms with Crippen LogP contribution in [0, 0.1) is 13.8 Å². The molecule has 0 unspecified atom stereocenters. The summed E-state index contributed by atoms with van der Waals surface area (Å²) < 4.78 is 33.7. The minimum atomic E-state index is -3.53. The summed E-state index contributed by atoms with van der Waals surface area (Å²) in [5.41, 5.74) is 1.68. The van der Waals surface area contributed by atoms with Gasteiger partial charge < -0.3 is 24.4 Å². The van der Waals surface area contributed by atoms with Gasteiger partial charge in [0.1, 0.15) is 5.75 Å². The van der Waals surface area contributed by atoms with Crippen molar-refractivity contribution in [3.05, 3.63) is 41.7 Å². The van der Waals surface area contributed by atoms with Crippen molar-refractivity contribution in [1.82, 2.24) is 9.47 Å². The summed E-state index contributed by atoms with van der Waals surface area (Å²) in [7, 11) is -1.64. The Labute approximate surface area is 214 Å². The topological polar surface area (TPSA) is 126 Å². The number of aryl methyl sites for hydroxylation is 1. The Balaban J connectivity index is 0.000000960. The first kappa shape index (κ1) is 31.2. The van der Waals surface area contributed by atoms with Crippen LogP contribution < -0.4 is 4.74 Å². The Bertz CT molecular complexity index is 1060. The lowest BCUT2D eigenvalue weighted by Crippen LogP contribution is -2.28. The van der Waals surface area contributed by atoms with E-state index >= 15 is 0 Å². The van der Waals surface area contributed by atoms with E-state index in [0.29, 0.717) is 22.1 Å². The zero-order valence-corrected chi connectivity index (χ0v) is 22.8. The van der Waals surface area contributed by atoms with Gasteiger partial charge in [-0.15, -0.1) is 0 Å². The number of benzene rings is 1. The van der Waals surface area contributed by atoms with Crippen LogP contribution in [0.5, 0.6) is 5.75 Å². The molecule has 1 heterocycles. The molecule has 1 aromatic heterocycles. The molecule has 202 valence electrons. The molecule has 1 aromatic carbocycles. The van der Waals surface area contributed by atoms with Gasteiger partial charge in [-0.25, -0.2) is 18.0 Å². The molecule has 0 fully saturated rings. The van der Waals surface area contributed by atoms with Crippen LogP contribution in [0.1, 0.15) is 57.3 Å². The standard InChI is InChI=1S/C24H38N2O3S.C2H2O4/c1-6-8-15-26(16-9-7-2)17-10-18-29-22-11-13-23(14-12-22)30(27,28)24-19-20(3)25(5)21(24)4;3-1(4)2(5)6/h11-14,19H,6-10,15-18H2,1-5H3;(H,3,4)(H,5,6). The van der Waals surface area contributed by atoms with E-state index < -0.39 is 21.8 Å². The molecule has 0 bridgehead atoms. The van der Waals surface area contributed by atoms with Crippen molar-refractivity contribution in [2.45, 2.75) is 69.6 Å². The number of ether oxygens (including phenoxy) is 1. The molecule has 2 rings (SSSR count). The minimum absolute atomic E-state index is 0.300. The lowest BCUT2D eigenvalue weighted by molar-refractivity contribution is -0.159. The van der Waals surface area contributed by atoms with Crippen LogP contribution in [0.2, 0.25) is 0 Å². The van der Waals surface area contributed by atoms with Gasteiger partial charge in [-0.3, -0.25) is 0 Å². The van der Waals surface area contributed by atoms with Crippen LogP contribution in [0.25, 0.3) is 0 Å². The highest BCUT2D eigenvalue weighted by molar-refractivity contribution is 7.91. The average molecular weight is 525 g/mol. The predicted molar refractivity (Wildman–Crippen MR) is 138 cm³/mol. The second-order valence-electron chi connectivity index (χ2n) is 8.63. The van der Waals surface area contributed by atoms with Crippen molar-refractivity contribution in [3.63, 3.8) is 0 Å². The monoisotopic (exact) mass is 524 g/mol. The fraction of sp³-hybridized carbons (Fsp3) is 0.538. The Morgan fingerprint density at radius 1 is 0.917 bits per heavy atom. The molecule has 10 heteroatoms. The van der Waals surface area contributed by atoms with E-state index in [-0.39, 0.29) is 0 Å². The van der Waals surface area contributed by atoms with Crippen molar-refractivity contribution >= 4 is 21.8 Å². The number of rotatable bonds is 13. The quantitative estimate of drug-likeness (QED) is 0.293. The van der Waals surface area contributed by atoms with Crippen LogP contribution in [-0.2, 0) is 26.5 Å². The number of aliphatic carboxylic acids is 2. The fourth-order valence-electron chi connectivity index (χ4n) is 3.51. The summed E-state index contributed by atoms with van der Waals surface area (Å²) in [4.78, 5) is 21.4. The Morgan fingerprint density at radius 2 is 1.42 bits per heavy atom. The van der Waals surface area contributed by atoms with Crippen molar-refractivity contribution in [3.8, 4) is 5.75 Å². The Hall–Kier alpha value is -2.85. The van der Waals surface area contributed by atoms with Gasteiger partial charge in [0.05, 0.1) is 16.4 Å². The third kappa shape index (κ3) is 9.66. The van der Waals surface area contributed by atoms with Crippen LogP contribution in [-0.4, -0.2) is 66.3 Å². The molecule has 0 saturated carbocycles. The highest BCUT2D eigenvalue weighted by Gasteiger charge is 2.23. The second kappa shape index (κ2) is 15.3. The van der Waals surface area contributed by atoms with Gasteiger partial charge in [-0.2, -0.15) is 0 Å². The third-order valence-electron chi connectivity index (χ3n) is 5.88. The Kier molecular flexibility index (Phi) is 13.3. The van der Waals surface area contributed by atoms with Crippen molar-refractivity contribution in [1.29, 1.82) is 0 Å². The van der Waals surface area contributed by atoms with E-state index in [1.165, 1.54) is 25.7 Å². The first-order valence-corrected chi connectivity index (χ1v) is 13.7. The first-order chi connectivity index (χ1) is 16.9. The number of carboxylic acid groups (broad SMARTS) is 2. The molecular formula is C26H40N2O7S. The summed E-state index contributed by atoms with van der Waals surface area (Å²) in [5.74, 6) is -2.94. The molecular weight excluding hydrogens is 484 g/mol. The number of hydrogen-bond acceptors (Lipinski definition) is 6. The van der Waals surface area contributed by atoms with Gasteiger partial charge in [0.2, 0.25) is 9.84 Å². The normalized spacial score (nSPS) is 11.2. The van der Waals surface area contributed by atoms with Gasteiger partial charge in [0.15, 0.2) is 0 Å². The molecule has 0 amide bonds. The summed E-state index contributed by atoms with van der Waals surface area (Å²) in [6.07, 6.45) is 5.88. The third-order valence-corrected chi connectivity index (χ3v) is 7.76. The lowest BCUT2D eigenvalue weighted by Gasteiger charge is -2.21. The van der Waals surface area contributed by atoms with Crippen LogP contribution in [0.15, 0.2) is 40.1 Å². The number of sulfone groups is 1. The molecule has 0 aliphatic rings. The highest BCUT2D eigenvalue weighted by atomic mass is 32.2. The van der Waals surface area contributed by atoms with Gasteiger partial charge >= 0.3 is 11.9 Å². The number of carboxylic acids is 2. The summed E-state index contributed by atoms with van der Waals surface area (Å²) in [6.45, 7) is 12.2. The van der Waals surface area contributed by atoms with E-state index in [4.69, 9.17) is 24.5 Å². The number of hydrogen-bond donors (Lipinski definition) is 2. The fourth-order valence-corrected chi connectivity index (χ4v) is 5.11. The van der Waals surface area contributed by atoms with Crippen molar-refractivity contribution in [2.75, 3.05) is 26.2 Å². The SMILES string of the molecule is CCCCN(CCCC)CCCOc1ccc(S(=O)(=O)c2cc(C)n(C)c2C)cc1.O=C(O)C(=O)O. The molecule has 0 aliphatic carbocycles. The molecule has 0 atom stereocenters. The van der Waals surface area contributed by atoms with Crippen LogP contribution in [0.3, 0.4) is 0 Å². The zero-order valence-electron chi connectivity index (χ0n) is 22.0. The Morgan fingerprint density at radius 3 is 1.83 bits per heavy atom. The van der Waals surface area contributed by atoms with E-state index in [1.807, 2.05) is 25.5 Å². The largest absolute Gasteiger partial charge is 0.494 e. The van der Waals surface area contributed by atoms with E-state index in [2.05, 4.69) is 18.7 Å². The predicted octanol–water partition coefficient (Wildman–Crippen LogP) is 4.30. The molecule has 9 nitrogen and oxygen atoms in total. The lowest BCUT2D eigenvalue weighted by atomic mass is 10.2. The van der Waals surface area contributed by atoms with Crippen molar-refractivity contribution in [2.24, 2.45) is 7.05 Å². The maximum atomic E-state index is 13.0. The van der Waals surface area contributed by atoms with Gasteiger partial charge in [0.25, 0.3) is 0 Å². The summed E-state index contributed by atoms with van der Waals surface area (Å²) >= 11 is 0. The number of unbranched alkanes of at least 4 members (excludes halogenated alkanes) is 2. The van der Waals surface area contributed by atoms with Gasteiger partial charge in [-0.05, 0) is 76.5 Å². The van der Waals surface area contributed by atoms with Gasteiger partial charge in [-0.1, -0.05) is 26.7 Å². The minimum Gasteiger partial charge on any atom is -0.494 e. The molecule has 36 heavy (non-hydrogen) atoms. The summed E-state index contributed by atoms with van der Waals surface area (Å²) in [5, 5.41) is 14.8. The van der Waals surface area contributed by atoms with E-state index in [1.54, 1.807) is 30.3 Å². The molecule has 0 aliphatic heterocycles. The smallest absolute Gasteiger partial charge is 0.414 e. The molecule has 2 aromatic rings. The van der Waals surface area contributed by atoms with Crippen molar-refractivity contribution < 1.29 is 33.0 Å². The summed E-state index contributed by atoms with van der Waals surface area (Å²) in [6, 6.07) is 8.52. The van der Waals surface area contributed by atoms with Crippen LogP contribution >= 0.6 is 0 Å². The number of carbonyl (C=O) groups is 2.